The van der Waals surface area contributed by atoms with E-state index in [1.807, 2.05) is 0 Å². The van der Waals surface area contributed by atoms with Gasteiger partial charge in [-0.2, -0.15) is 0 Å². The van der Waals surface area contributed by atoms with E-state index in [0.717, 1.165) is 11.8 Å². The zero-order chi connectivity index (χ0) is 32.1. The number of carboxylic acids is 2. The smallest absolute Gasteiger partial charge is 0.408 e. The number of aromatic amines is 1. The molecule has 6 atom stereocenters. The van der Waals surface area contributed by atoms with Crippen molar-refractivity contribution < 1.29 is 48.4 Å². The van der Waals surface area contributed by atoms with Crippen LogP contribution in [-0.2, 0) is 33.4 Å². The lowest BCUT2D eigenvalue weighted by Crippen LogP contribution is -2.67. The summed E-state index contributed by atoms with van der Waals surface area (Å²) >= 11 is 0.990. The first-order valence-corrected chi connectivity index (χ1v) is 14.3. The number of nitrogens with one attached hydrogen (secondary N) is 2. The topological polar surface area (TPSA) is 207 Å². The van der Waals surface area contributed by atoms with Crippen LogP contribution in [0.15, 0.2) is 11.5 Å². The third-order valence-corrected chi connectivity index (χ3v) is 8.74. The summed E-state index contributed by atoms with van der Waals surface area (Å²) in [6, 6.07) is 0. The number of alkyl carbamates (subject to hydrolysis) is 1. The minimum atomic E-state index is -2.41. The summed E-state index contributed by atoms with van der Waals surface area (Å²) in [6.45, 7) is 13.3. The van der Waals surface area contributed by atoms with Gasteiger partial charge in [0.05, 0.1) is 28.8 Å². The number of carboxylic acid groups (broad SMARTS) is 2. The molecule has 2 aliphatic carbocycles. The third-order valence-electron chi connectivity index (χ3n) is 7.44. The molecule has 4 N–H and O–H groups in total. The quantitative estimate of drug-likeness (QED) is 0.234. The summed E-state index contributed by atoms with van der Waals surface area (Å²) in [5.74, 6) is -7.80. The predicted octanol–water partition coefficient (Wildman–Crippen LogP) is 2.74. The van der Waals surface area contributed by atoms with Gasteiger partial charge in [0, 0.05) is 11.2 Å². The molecule has 0 radical (unpaired) electrons. The number of aliphatic carboxylic acids is 2. The maximum atomic E-state index is 13.5. The zero-order valence-corrected chi connectivity index (χ0v) is 26.1. The molecule has 2 saturated carbocycles. The molecule has 1 amide bonds. The van der Waals surface area contributed by atoms with Crippen molar-refractivity contribution in [1.82, 2.24) is 20.5 Å². The van der Waals surface area contributed by atoms with Gasteiger partial charge in [0.25, 0.3) is 0 Å². The van der Waals surface area contributed by atoms with E-state index < -0.39 is 93.6 Å². The van der Waals surface area contributed by atoms with Crippen molar-refractivity contribution in [3.63, 3.8) is 0 Å². The molecule has 1 unspecified atom stereocenters. The molecule has 2 aliphatic rings. The standard InChI is InChI=1S/C27H40N4O10S/c1-23(2,3)19(36)39-10-13-16(42-21-28-12-29-31-21)14-15(17(32)33)26(14,11-40-20(37)24(4,5)6)27(13,18(34)35)30-22(38)41-25(7,8)9/h12-16H,10-11H2,1-9H3,(H,30,38)(H,32,33)(H,34,35)(H,28,29,31)/t13?,14-,15-,16+,26+,27+/m0/s1. The van der Waals surface area contributed by atoms with E-state index in [4.69, 9.17) is 14.2 Å². The summed E-state index contributed by atoms with van der Waals surface area (Å²) in [5.41, 5.74) is -7.22. The lowest BCUT2D eigenvalue weighted by molar-refractivity contribution is -0.167. The van der Waals surface area contributed by atoms with Crippen molar-refractivity contribution >= 4 is 41.7 Å². The van der Waals surface area contributed by atoms with E-state index >= 15 is 0 Å². The summed E-state index contributed by atoms with van der Waals surface area (Å²) in [5, 5.41) is 29.6. The van der Waals surface area contributed by atoms with E-state index in [-0.39, 0.29) is 5.16 Å². The largest absolute Gasteiger partial charge is 0.481 e. The number of amides is 1. The lowest BCUT2D eigenvalue weighted by atomic mass is 9.73. The lowest BCUT2D eigenvalue weighted by Gasteiger charge is -2.42. The maximum Gasteiger partial charge on any atom is 0.408 e. The molecule has 3 rings (SSSR count). The van der Waals surface area contributed by atoms with Crippen molar-refractivity contribution in [2.24, 2.45) is 34.0 Å². The van der Waals surface area contributed by atoms with Gasteiger partial charge in [0.1, 0.15) is 18.5 Å². The van der Waals surface area contributed by atoms with Crippen molar-refractivity contribution in [2.45, 2.75) is 83.9 Å². The molecule has 0 bridgehead atoms. The Balaban J connectivity index is 2.23. The average molecular weight is 613 g/mol. The first kappa shape index (κ1) is 33.1. The van der Waals surface area contributed by atoms with Gasteiger partial charge in [-0.15, -0.1) is 5.10 Å². The molecule has 15 heteroatoms. The predicted molar refractivity (Wildman–Crippen MR) is 147 cm³/mol. The Hall–Kier alpha value is -3.36. The van der Waals surface area contributed by atoms with Gasteiger partial charge in [0.2, 0.25) is 5.16 Å². The Labute approximate surface area is 248 Å². The van der Waals surface area contributed by atoms with E-state index in [1.165, 1.54) is 6.33 Å². The molecule has 1 aromatic heterocycles. The van der Waals surface area contributed by atoms with E-state index in [9.17, 15) is 34.2 Å². The van der Waals surface area contributed by atoms with Crippen molar-refractivity contribution in [1.29, 1.82) is 0 Å². The van der Waals surface area contributed by atoms with Crippen LogP contribution in [0.3, 0.4) is 0 Å². The minimum Gasteiger partial charge on any atom is -0.481 e. The fourth-order valence-corrected chi connectivity index (χ4v) is 7.05. The summed E-state index contributed by atoms with van der Waals surface area (Å²) in [4.78, 5) is 69.2. The van der Waals surface area contributed by atoms with Crippen LogP contribution < -0.4 is 5.32 Å². The van der Waals surface area contributed by atoms with E-state index in [0.29, 0.717) is 0 Å². The molecular weight excluding hydrogens is 572 g/mol. The number of carbonyl (C=O) groups excluding carboxylic acids is 3. The number of thioether (sulfide) groups is 1. The molecule has 234 valence electrons. The average Bonchev–Trinajstić information content (AvgIpc) is 3.09. The van der Waals surface area contributed by atoms with E-state index in [2.05, 4.69) is 20.5 Å². The summed E-state index contributed by atoms with van der Waals surface area (Å²) in [7, 11) is 0. The summed E-state index contributed by atoms with van der Waals surface area (Å²) < 4.78 is 16.6. The molecule has 2 fully saturated rings. The number of nitrogens with zero attached hydrogens (tertiary/aromatic N) is 2. The molecule has 1 heterocycles. The Morgan fingerprint density at radius 1 is 0.976 bits per heavy atom. The molecule has 0 aliphatic heterocycles. The van der Waals surface area contributed by atoms with Crippen LogP contribution in [-0.4, -0.2) is 85.0 Å². The van der Waals surface area contributed by atoms with Crippen molar-refractivity contribution in [3.8, 4) is 0 Å². The number of hydrogen-bond donors (Lipinski definition) is 4. The molecule has 14 nitrogen and oxygen atoms in total. The first-order valence-electron chi connectivity index (χ1n) is 13.4. The normalized spacial score (nSPS) is 28.8. The van der Waals surface area contributed by atoms with Gasteiger partial charge in [0.15, 0.2) is 5.54 Å². The summed E-state index contributed by atoms with van der Waals surface area (Å²) in [6.07, 6.45) is 0.173. The second-order valence-electron chi connectivity index (χ2n) is 13.8. The SMILES string of the molecule is CC(C)(C)OC(=O)N[C@@]1(C(=O)O)C(COC(=O)C(C)(C)C)[C@@H](Sc2nc[nH]n2)[C@@H]2[C@@H](C(=O)O)[C@@]21COC(=O)C(C)(C)C. The fourth-order valence-electron chi connectivity index (χ4n) is 5.59. The molecule has 0 aromatic carbocycles. The van der Waals surface area contributed by atoms with Gasteiger partial charge in [-0.25, -0.2) is 14.6 Å². The van der Waals surface area contributed by atoms with Gasteiger partial charge >= 0.3 is 30.0 Å². The number of esters is 2. The van der Waals surface area contributed by atoms with Gasteiger partial charge < -0.3 is 29.7 Å². The number of aromatic nitrogens is 3. The van der Waals surface area contributed by atoms with E-state index in [1.54, 1.807) is 62.3 Å². The highest BCUT2D eigenvalue weighted by Gasteiger charge is 2.90. The van der Waals surface area contributed by atoms with Gasteiger partial charge in [-0.05, 0) is 68.2 Å². The van der Waals surface area contributed by atoms with Crippen molar-refractivity contribution in [2.75, 3.05) is 13.2 Å². The Bertz CT molecular complexity index is 1230. The van der Waals surface area contributed by atoms with Crippen LogP contribution in [0.5, 0.6) is 0 Å². The Morgan fingerprint density at radius 3 is 2.00 bits per heavy atom. The second kappa shape index (κ2) is 11.0. The van der Waals surface area contributed by atoms with Crippen LogP contribution >= 0.6 is 11.8 Å². The van der Waals surface area contributed by atoms with Crippen LogP contribution in [0.4, 0.5) is 4.79 Å². The molecule has 42 heavy (non-hydrogen) atoms. The zero-order valence-electron chi connectivity index (χ0n) is 25.3. The molecule has 0 spiro atoms. The van der Waals surface area contributed by atoms with Gasteiger partial charge in [-0.1, -0.05) is 11.8 Å². The number of fused-ring (bicyclic) bond motifs is 1. The number of carbonyl (C=O) groups is 5. The Kier molecular flexibility index (Phi) is 8.72. The monoisotopic (exact) mass is 612 g/mol. The maximum absolute atomic E-state index is 13.5. The van der Waals surface area contributed by atoms with Crippen LogP contribution in [0.25, 0.3) is 0 Å². The number of hydrogen-bond acceptors (Lipinski definition) is 11. The van der Waals surface area contributed by atoms with Crippen LogP contribution in [0.1, 0.15) is 62.3 Å². The molecular formula is C27H40N4O10S. The van der Waals surface area contributed by atoms with Gasteiger partial charge in [-0.3, -0.25) is 19.5 Å². The molecule has 1 aromatic rings. The van der Waals surface area contributed by atoms with Crippen molar-refractivity contribution in [3.05, 3.63) is 6.33 Å². The van der Waals surface area contributed by atoms with Crippen LogP contribution in [0, 0.1) is 34.0 Å². The number of H-pyrrole nitrogens is 1. The first-order chi connectivity index (χ1) is 19.1. The third kappa shape index (κ3) is 6.06. The highest BCUT2D eigenvalue weighted by molar-refractivity contribution is 7.99. The second-order valence-corrected chi connectivity index (χ2v) is 14.9. The van der Waals surface area contributed by atoms with Crippen LogP contribution in [0.2, 0.25) is 0 Å². The highest BCUT2D eigenvalue weighted by Crippen LogP contribution is 2.76. The Morgan fingerprint density at radius 2 is 1.55 bits per heavy atom. The number of ether oxygens (including phenoxy) is 3. The minimum absolute atomic E-state index is 0.183. The number of rotatable bonds is 9. The molecule has 0 saturated heterocycles. The highest BCUT2D eigenvalue weighted by atomic mass is 32.2. The fraction of sp³-hybridized carbons (Fsp3) is 0.741.